The van der Waals surface area contributed by atoms with E-state index in [-0.39, 0.29) is 5.41 Å². The molecule has 0 saturated carbocycles. The van der Waals surface area contributed by atoms with Gasteiger partial charge in [-0.25, -0.2) is 0 Å². The number of furan rings is 1. The van der Waals surface area contributed by atoms with Gasteiger partial charge in [-0.05, 0) is 75.8 Å². The Balaban J connectivity index is 1.31. The highest BCUT2D eigenvalue weighted by Crippen LogP contribution is 2.50. The molecular weight excluding hydrogens is 498 g/mol. The maximum Gasteiger partial charge on any atom is 0.137 e. The second-order valence-corrected chi connectivity index (χ2v) is 11.4. The van der Waals surface area contributed by atoms with E-state index in [1.165, 1.54) is 33.4 Å². The molecule has 0 unspecified atom stereocenters. The molecule has 0 amide bonds. The Morgan fingerprint density at radius 1 is 0.463 bits per heavy atom. The molecule has 7 aromatic rings. The van der Waals surface area contributed by atoms with E-state index in [0.717, 1.165) is 39.0 Å². The van der Waals surface area contributed by atoms with Crippen molar-refractivity contribution in [3.05, 3.63) is 151 Å². The third-order valence-electron chi connectivity index (χ3n) is 8.68. The summed E-state index contributed by atoms with van der Waals surface area (Å²) in [7, 11) is 0. The number of hydrogen-bond acceptors (Lipinski definition) is 2. The molecule has 196 valence electrons. The number of anilines is 3. The van der Waals surface area contributed by atoms with Gasteiger partial charge in [0.15, 0.2) is 0 Å². The molecule has 0 bridgehead atoms. The fourth-order valence-corrected chi connectivity index (χ4v) is 6.58. The number of benzene rings is 6. The van der Waals surface area contributed by atoms with Crippen molar-refractivity contribution in [2.24, 2.45) is 0 Å². The lowest BCUT2D eigenvalue weighted by Crippen LogP contribution is -2.15. The van der Waals surface area contributed by atoms with Gasteiger partial charge in [0.2, 0.25) is 0 Å². The molecule has 0 atom stereocenters. The van der Waals surface area contributed by atoms with Gasteiger partial charge >= 0.3 is 0 Å². The van der Waals surface area contributed by atoms with Gasteiger partial charge in [-0.15, -0.1) is 0 Å². The second kappa shape index (κ2) is 8.97. The minimum Gasteiger partial charge on any atom is -0.456 e. The smallest absolute Gasteiger partial charge is 0.137 e. The van der Waals surface area contributed by atoms with E-state index >= 15 is 0 Å². The van der Waals surface area contributed by atoms with Gasteiger partial charge in [-0.1, -0.05) is 105 Å². The Kier molecular flexibility index (Phi) is 5.20. The first kappa shape index (κ1) is 23.8. The van der Waals surface area contributed by atoms with Crippen molar-refractivity contribution >= 4 is 39.0 Å². The van der Waals surface area contributed by atoms with Crippen LogP contribution in [0.4, 0.5) is 17.1 Å². The van der Waals surface area contributed by atoms with Crippen LogP contribution in [0.5, 0.6) is 0 Å². The van der Waals surface area contributed by atoms with Gasteiger partial charge in [0, 0.05) is 39.3 Å². The van der Waals surface area contributed by atoms with Crippen LogP contribution in [0.2, 0.25) is 0 Å². The monoisotopic (exact) mass is 527 g/mol. The molecule has 0 fully saturated rings. The van der Waals surface area contributed by atoms with Gasteiger partial charge in [-0.2, -0.15) is 0 Å². The Labute approximate surface area is 240 Å². The quantitative estimate of drug-likeness (QED) is 0.226. The topological polar surface area (TPSA) is 16.4 Å². The van der Waals surface area contributed by atoms with E-state index in [1.54, 1.807) is 0 Å². The molecule has 8 rings (SSSR count). The number of nitrogens with zero attached hydrogens (tertiary/aromatic N) is 1. The lowest BCUT2D eigenvalue weighted by molar-refractivity contribution is 0.660. The molecule has 0 N–H and O–H groups in total. The van der Waals surface area contributed by atoms with Crippen molar-refractivity contribution < 1.29 is 4.42 Å². The van der Waals surface area contributed by atoms with E-state index in [9.17, 15) is 0 Å². The maximum atomic E-state index is 6.31. The zero-order valence-electron chi connectivity index (χ0n) is 23.1. The van der Waals surface area contributed by atoms with Crippen LogP contribution in [-0.2, 0) is 5.41 Å². The molecule has 0 spiro atoms. The Bertz CT molecular complexity index is 2070. The summed E-state index contributed by atoms with van der Waals surface area (Å²) in [6.07, 6.45) is 0. The van der Waals surface area contributed by atoms with Gasteiger partial charge in [-0.3, -0.25) is 0 Å². The van der Waals surface area contributed by atoms with Crippen LogP contribution in [0.15, 0.2) is 144 Å². The number of fused-ring (bicyclic) bond motifs is 6. The highest BCUT2D eigenvalue weighted by molar-refractivity contribution is 6.06. The van der Waals surface area contributed by atoms with E-state index in [4.69, 9.17) is 4.42 Å². The molecule has 0 radical (unpaired) electrons. The molecule has 41 heavy (non-hydrogen) atoms. The third-order valence-corrected chi connectivity index (χ3v) is 8.68. The van der Waals surface area contributed by atoms with Crippen LogP contribution in [-0.4, -0.2) is 0 Å². The molecule has 2 heteroatoms. The highest BCUT2D eigenvalue weighted by Gasteiger charge is 2.35. The van der Waals surface area contributed by atoms with Crippen LogP contribution in [0.3, 0.4) is 0 Å². The molecule has 0 aliphatic heterocycles. The van der Waals surface area contributed by atoms with Crippen LogP contribution in [0.1, 0.15) is 25.0 Å². The van der Waals surface area contributed by atoms with E-state index < -0.39 is 0 Å². The summed E-state index contributed by atoms with van der Waals surface area (Å²) in [6.45, 7) is 4.65. The van der Waals surface area contributed by atoms with Crippen LogP contribution in [0.25, 0.3) is 44.2 Å². The third kappa shape index (κ3) is 3.72. The Hall–Kier alpha value is -5.08. The van der Waals surface area contributed by atoms with Gasteiger partial charge in [0.1, 0.15) is 11.2 Å². The number of rotatable bonds is 4. The number of hydrogen-bond donors (Lipinski definition) is 0. The molecule has 1 heterocycles. The molecule has 2 nitrogen and oxygen atoms in total. The molecule has 6 aromatic carbocycles. The SMILES string of the molecule is CC1(C)c2ccccc2-c2cc(N(c3ccc(-c4ccccc4)cc3)c3ccc4c(c3)oc3ccccc34)ccc21. The minimum absolute atomic E-state index is 0.0280. The van der Waals surface area contributed by atoms with E-state index in [2.05, 4.69) is 146 Å². The fourth-order valence-electron chi connectivity index (χ4n) is 6.58. The van der Waals surface area contributed by atoms with Crippen molar-refractivity contribution in [1.29, 1.82) is 0 Å². The number of para-hydroxylation sites is 1. The summed E-state index contributed by atoms with van der Waals surface area (Å²) in [5, 5.41) is 2.28. The minimum atomic E-state index is -0.0280. The summed E-state index contributed by atoms with van der Waals surface area (Å²) >= 11 is 0. The van der Waals surface area contributed by atoms with Gasteiger partial charge in [0.25, 0.3) is 0 Å². The normalized spacial score (nSPS) is 13.3. The highest BCUT2D eigenvalue weighted by atomic mass is 16.3. The summed E-state index contributed by atoms with van der Waals surface area (Å²) in [6, 6.07) is 50.0. The lowest BCUT2D eigenvalue weighted by atomic mass is 9.82. The van der Waals surface area contributed by atoms with Gasteiger partial charge < -0.3 is 9.32 Å². The summed E-state index contributed by atoms with van der Waals surface area (Å²) in [5.74, 6) is 0. The van der Waals surface area contributed by atoms with Crippen molar-refractivity contribution in [3.63, 3.8) is 0 Å². The Morgan fingerprint density at radius 2 is 1.07 bits per heavy atom. The summed E-state index contributed by atoms with van der Waals surface area (Å²) in [5.41, 5.74) is 12.9. The summed E-state index contributed by atoms with van der Waals surface area (Å²) < 4.78 is 6.31. The van der Waals surface area contributed by atoms with Crippen LogP contribution in [0, 0.1) is 0 Å². The van der Waals surface area contributed by atoms with Crippen molar-refractivity contribution in [2.45, 2.75) is 19.3 Å². The molecular formula is C39H29NO. The van der Waals surface area contributed by atoms with E-state index in [0.29, 0.717) is 0 Å². The fraction of sp³-hybridized carbons (Fsp3) is 0.0769. The predicted octanol–water partition coefficient (Wildman–Crippen LogP) is 11.0. The molecule has 1 aliphatic rings. The predicted molar refractivity (Wildman–Crippen MR) is 171 cm³/mol. The van der Waals surface area contributed by atoms with Gasteiger partial charge in [0.05, 0.1) is 0 Å². The standard InChI is InChI=1S/C39H29NO/c1-39(2)35-14-8-6-12-31(35)34-24-29(21-23-36(34)39)40(28-18-16-27(17-19-28)26-10-4-3-5-11-26)30-20-22-33-32-13-7-9-15-37(32)41-38(33)25-30/h3-25H,1-2H3. The molecule has 1 aliphatic carbocycles. The average Bonchev–Trinajstić information content (AvgIpc) is 3.50. The first-order valence-electron chi connectivity index (χ1n) is 14.2. The van der Waals surface area contributed by atoms with Crippen molar-refractivity contribution in [2.75, 3.05) is 4.90 Å². The second-order valence-electron chi connectivity index (χ2n) is 11.4. The zero-order valence-corrected chi connectivity index (χ0v) is 23.1. The lowest BCUT2D eigenvalue weighted by Gasteiger charge is -2.27. The summed E-state index contributed by atoms with van der Waals surface area (Å²) in [4.78, 5) is 2.34. The maximum absolute atomic E-state index is 6.31. The molecule has 0 saturated heterocycles. The van der Waals surface area contributed by atoms with E-state index in [1.807, 2.05) is 12.1 Å². The Morgan fingerprint density at radius 3 is 1.93 bits per heavy atom. The first-order valence-corrected chi connectivity index (χ1v) is 14.2. The zero-order chi connectivity index (χ0) is 27.6. The van der Waals surface area contributed by atoms with Crippen LogP contribution >= 0.6 is 0 Å². The van der Waals surface area contributed by atoms with Crippen molar-refractivity contribution in [3.8, 4) is 22.3 Å². The average molecular weight is 528 g/mol. The first-order chi connectivity index (χ1) is 20.1. The van der Waals surface area contributed by atoms with Crippen molar-refractivity contribution in [1.82, 2.24) is 0 Å². The van der Waals surface area contributed by atoms with Crippen LogP contribution < -0.4 is 4.90 Å². The molecule has 1 aromatic heterocycles. The largest absolute Gasteiger partial charge is 0.456 e.